The van der Waals surface area contributed by atoms with Gasteiger partial charge in [0.2, 0.25) is 5.91 Å². The third kappa shape index (κ3) is 8.93. The van der Waals surface area contributed by atoms with Gasteiger partial charge in [-0.05, 0) is 72.5 Å². The molecule has 0 aliphatic heterocycles. The molecule has 3 rings (SSSR count). The Balaban J connectivity index is 1.36. The minimum atomic E-state index is -0.300. The van der Waals surface area contributed by atoms with Crippen molar-refractivity contribution in [2.24, 2.45) is 0 Å². The average Bonchev–Trinajstić information content (AvgIpc) is 2.88. The quantitative estimate of drug-likeness (QED) is 0.218. The zero-order valence-electron chi connectivity index (χ0n) is 19.9. The molecule has 188 valence electrons. The first-order valence-corrected chi connectivity index (χ1v) is 12.3. The predicted molar refractivity (Wildman–Crippen MR) is 139 cm³/mol. The lowest BCUT2D eigenvalue weighted by Crippen LogP contribution is -2.24. The topological polar surface area (TPSA) is 58.2 Å². The molecule has 2 amide bonds. The van der Waals surface area contributed by atoms with E-state index in [2.05, 4.69) is 10.6 Å². The molecule has 4 nitrogen and oxygen atoms in total. The lowest BCUT2D eigenvalue weighted by Gasteiger charge is -2.18. The Hall–Kier alpha value is -3.51. The van der Waals surface area contributed by atoms with E-state index in [0.29, 0.717) is 36.5 Å². The number of rotatable bonds is 12. The zero-order chi connectivity index (χ0) is 25.8. The fraction of sp³-hybridized carbons (Fsp3) is 0.241. The smallest absolute Gasteiger partial charge is 0.251 e. The Morgan fingerprint density at radius 2 is 1.28 bits per heavy atom. The molecule has 0 aliphatic carbocycles. The Morgan fingerprint density at radius 1 is 0.750 bits per heavy atom. The third-order valence-electron chi connectivity index (χ3n) is 5.76. The molecule has 0 fully saturated rings. The minimum Gasteiger partial charge on any atom is -0.353 e. The largest absolute Gasteiger partial charge is 0.353 e. The standard InChI is InChI=1S/C29H29ClF2N2O2/c30-24-13-7-23(8-14-24)29(36)34-20-4-3-19-33-28(35)6-2-1-5-27(21-9-15-25(31)16-10-21)22-11-17-26(32)18-12-22/h3-4,7-18,27H,1-2,5-6,19-20H2,(H,33,35)(H,34,36)/b4-3-. The summed E-state index contributed by atoms with van der Waals surface area (Å²) in [5.74, 6) is -0.845. The van der Waals surface area contributed by atoms with E-state index in [0.717, 1.165) is 24.0 Å². The van der Waals surface area contributed by atoms with E-state index in [4.69, 9.17) is 11.6 Å². The second-order valence-corrected chi connectivity index (χ2v) is 8.83. The van der Waals surface area contributed by atoms with Gasteiger partial charge in [0.1, 0.15) is 11.6 Å². The van der Waals surface area contributed by atoms with Crippen LogP contribution in [0, 0.1) is 11.6 Å². The van der Waals surface area contributed by atoms with Gasteiger partial charge in [-0.25, -0.2) is 8.78 Å². The Kier molecular flexibility index (Phi) is 10.6. The van der Waals surface area contributed by atoms with Crippen molar-refractivity contribution < 1.29 is 18.4 Å². The first kappa shape index (κ1) is 27.1. The number of amides is 2. The summed E-state index contributed by atoms with van der Waals surface area (Å²) in [6, 6.07) is 19.3. The monoisotopic (exact) mass is 510 g/mol. The van der Waals surface area contributed by atoms with Gasteiger partial charge in [0.15, 0.2) is 0 Å². The number of carbonyl (C=O) groups is 2. The summed E-state index contributed by atoms with van der Waals surface area (Å²) < 4.78 is 26.7. The van der Waals surface area contributed by atoms with Gasteiger partial charge in [-0.3, -0.25) is 9.59 Å². The van der Waals surface area contributed by atoms with Gasteiger partial charge in [-0.2, -0.15) is 0 Å². The maximum atomic E-state index is 13.4. The van der Waals surface area contributed by atoms with E-state index >= 15 is 0 Å². The number of carbonyl (C=O) groups excluding carboxylic acids is 2. The summed E-state index contributed by atoms with van der Waals surface area (Å²) in [6.45, 7) is 0.731. The summed E-state index contributed by atoms with van der Waals surface area (Å²) in [4.78, 5) is 24.2. The molecule has 0 radical (unpaired) electrons. The molecule has 7 heteroatoms. The second-order valence-electron chi connectivity index (χ2n) is 8.39. The number of benzene rings is 3. The van der Waals surface area contributed by atoms with Gasteiger partial charge in [-0.1, -0.05) is 54.4 Å². The van der Waals surface area contributed by atoms with E-state index < -0.39 is 0 Å². The summed E-state index contributed by atoms with van der Waals surface area (Å²) in [7, 11) is 0. The predicted octanol–water partition coefficient (Wildman–Crippen LogP) is 6.41. The molecule has 0 heterocycles. The van der Waals surface area contributed by atoms with E-state index in [1.54, 1.807) is 60.7 Å². The first-order chi connectivity index (χ1) is 17.4. The molecule has 0 saturated heterocycles. The van der Waals surface area contributed by atoms with Crippen LogP contribution in [0.2, 0.25) is 5.02 Å². The molecule has 0 unspecified atom stereocenters. The van der Waals surface area contributed by atoms with E-state index in [1.807, 2.05) is 0 Å². The fourth-order valence-corrected chi connectivity index (χ4v) is 3.96. The number of nitrogens with one attached hydrogen (secondary N) is 2. The van der Waals surface area contributed by atoms with Crippen molar-refractivity contribution in [2.75, 3.05) is 13.1 Å². The molecule has 0 saturated carbocycles. The maximum Gasteiger partial charge on any atom is 0.251 e. The summed E-state index contributed by atoms with van der Waals surface area (Å²) in [6.07, 6.45) is 6.21. The first-order valence-electron chi connectivity index (χ1n) is 11.9. The van der Waals surface area contributed by atoms with E-state index in [-0.39, 0.29) is 29.4 Å². The minimum absolute atomic E-state index is 0.000257. The van der Waals surface area contributed by atoms with E-state index in [1.165, 1.54) is 24.3 Å². The van der Waals surface area contributed by atoms with Gasteiger partial charge in [-0.15, -0.1) is 0 Å². The lowest BCUT2D eigenvalue weighted by atomic mass is 9.87. The van der Waals surface area contributed by atoms with Crippen molar-refractivity contribution in [2.45, 2.75) is 31.6 Å². The molecule has 3 aromatic carbocycles. The van der Waals surface area contributed by atoms with Crippen LogP contribution in [0.1, 0.15) is 53.1 Å². The van der Waals surface area contributed by atoms with E-state index in [9.17, 15) is 18.4 Å². The number of hydrogen-bond acceptors (Lipinski definition) is 2. The molecule has 36 heavy (non-hydrogen) atoms. The highest BCUT2D eigenvalue weighted by Gasteiger charge is 2.15. The van der Waals surface area contributed by atoms with Crippen molar-refractivity contribution in [1.29, 1.82) is 0 Å². The third-order valence-corrected chi connectivity index (χ3v) is 6.01. The number of hydrogen-bond donors (Lipinski definition) is 2. The molecule has 0 aliphatic rings. The molecule has 0 atom stereocenters. The average molecular weight is 511 g/mol. The lowest BCUT2D eigenvalue weighted by molar-refractivity contribution is -0.121. The number of halogens is 3. The number of unbranched alkanes of at least 4 members (excludes halogenated alkanes) is 1. The summed E-state index contributed by atoms with van der Waals surface area (Å²) in [5, 5.41) is 6.18. The van der Waals surface area contributed by atoms with Gasteiger partial charge < -0.3 is 10.6 Å². The van der Waals surface area contributed by atoms with Crippen LogP contribution in [0.5, 0.6) is 0 Å². The van der Waals surface area contributed by atoms with Crippen molar-refractivity contribution in [3.05, 3.63) is 118 Å². The van der Waals surface area contributed by atoms with Crippen LogP contribution >= 0.6 is 11.6 Å². The van der Waals surface area contributed by atoms with Crippen LogP contribution < -0.4 is 10.6 Å². The van der Waals surface area contributed by atoms with Crippen LogP contribution in [0.25, 0.3) is 0 Å². The van der Waals surface area contributed by atoms with Crippen molar-refractivity contribution in [3.8, 4) is 0 Å². The van der Waals surface area contributed by atoms with Crippen LogP contribution in [-0.2, 0) is 4.79 Å². The molecule has 0 aromatic heterocycles. The Labute approximate surface area is 215 Å². The molecular formula is C29H29ClF2N2O2. The highest BCUT2D eigenvalue weighted by atomic mass is 35.5. The highest BCUT2D eigenvalue weighted by Crippen LogP contribution is 2.30. The Bertz CT molecular complexity index is 1100. The molecule has 0 bridgehead atoms. The zero-order valence-corrected chi connectivity index (χ0v) is 20.6. The van der Waals surface area contributed by atoms with Gasteiger partial charge in [0, 0.05) is 36.0 Å². The van der Waals surface area contributed by atoms with Gasteiger partial charge in [0.25, 0.3) is 5.91 Å². The van der Waals surface area contributed by atoms with Crippen LogP contribution in [-0.4, -0.2) is 24.9 Å². The molecule has 0 spiro atoms. The molecule has 3 aromatic rings. The summed E-state index contributed by atoms with van der Waals surface area (Å²) in [5.41, 5.74) is 2.45. The molecule has 2 N–H and O–H groups in total. The fourth-order valence-electron chi connectivity index (χ4n) is 3.83. The van der Waals surface area contributed by atoms with Crippen LogP contribution in [0.4, 0.5) is 8.78 Å². The highest BCUT2D eigenvalue weighted by molar-refractivity contribution is 6.30. The summed E-state index contributed by atoms with van der Waals surface area (Å²) >= 11 is 5.82. The second kappa shape index (κ2) is 14.1. The maximum absolute atomic E-state index is 13.4. The van der Waals surface area contributed by atoms with Crippen LogP contribution in [0.15, 0.2) is 84.9 Å². The van der Waals surface area contributed by atoms with Crippen molar-refractivity contribution in [3.63, 3.8) is 0 Å². The SMILES string of the molecule is O=C(CCCCC(c1ccc(F)cc1)c1ccc(F)cc1)NC/C=C\CNC(=O)c1ccc(Cl)cc1. The van der Waals surface area contributed by atoms with Gasteiger partial charge in [0.05, 0.1) is 0 Å². The Morgan fingerprint density at radius 3 is 1.83 bits per heavy atom. The van der Waals surface area contributed by atoms with Crippen LogP contribution in [0.3, 0.4) is 0 Å². The normalized spacial score (nSPS) is 11.1. The van der Waals surface area contributed by atoms with Crippen molar-refractivity contribution >= 4 is 23.4 Å². The van der Waals surface area contributed by atoms with Gasteiger partial charge >= 0.3 is 0 Å². The molecular weight excluding hydrogens is 482 g/mol. The van der Waals surface area contributed by atoms with Crippen molar-refractivity contribution in [1.82, 2.24) is 10.6 Å².